The number of aromatic nitrogens is 2. The molecule has 1 heterocycles. The first-order chi connectivity index (χ1) is 9.93. The van der Waals surface area contributed by atoms with Crippen molar-refractivity contribution in [2.45, 2.75) is 33.6 Å². The Kier molecular flexibility index (Phi) is 4.50. The number of hydrogen-bond acceptors (Lipinski definition) is 3. The van der Waals surface area contributed by atoms with E-state index in [9.17, 15) is 8.78 Å². The smallest absolute Gasteiger partial charge is 0.138 e. The van der Waals surface area contributed by atoms with Crippen molar-refractivity contribution in [3.05, 3.63) is 41.2 Å². The molecule has 0 saturated carbocycles. The summed E-state index contributed by atoms with van der Waals surface area (Å²) >= 11 is 0. The Balaban J connectivity index is 2.65. The number of halogens is 2. The number of benzene rings is 1. The van der Waals surface area contributed by atoms with E-state index in [2.05, 4.69) is 15.3 Å². The fourth-order valence-corrected chi connectivity index (χ4v) is 2.02. The van der Waals surface area contributed by atoms with Crippen molar-refractivity contribution in [3.8, 4) is 11.3 Å². The number of aryl methyl sites for hydroxylation is 1. The van der Waals surface area contributed by atoms with Gasteiger partial charge in [-0.25, -0.2) is 18.7 Å². The highest BCUT2D eigenvalue weighted by Crippen LogP contribution is 2.29. The molecule has 0 fully saturated rings. The lowest BCUT2D eigenvalue weighted by atomic mass is 10.1. The zero-order chi connectivity index (χ0) is 15.6. The van der Waals surface area contributed by atoms with Gasteiger partial charge in [-0.05, 0) is 25.5 Å². The zero-order valence-corrected chi connectivity index (χ0v) is 12.7. The molecule has 0 amide bonds. The molecule has 1 aromatic heterocycles. The maximum Gasteiger partial charge on any atom is 0.138 e. The highest BCUT2D eigenvalue weighted by Gasteiger charge is 2.17. The lowest BCUT2D eigenvalue weighted by Crippen LogP contribution is -2.07. The van der Waals surface area contributed by atoms with Crippen molar-refractivity contribution in [1.82, 2.24) is 9.97 Å². The molecule has 0 atom stereocenters. The number of anilines is 1. The highest BCUT2D eigenvalue weighted by molar-refractivity contribution is 5.65. The standard InChI is InChI=1S/C16H19F2N3/c1-5-19-13-8-12(20-16(21-13)9(2)3)14-11(17)7-6-10(4)15(14)18/h6-9H,5H2,1-4H3,(H,19,20,21). The lowest BCUT2D eigenvalue weighted by molar-refractivity contribution is 0.582. The third-order valence-corrected chi connectivity index (χ3v) is 3.16. The predicted molar refractivity (Wildman–Crippen MR) is 80.4 cm³/mol. The zero-order valence-electron chi connectivity index (χ0n) is 12.7. The van der Waals surface area contributed by atoms with E-state index in [-0.39, 0.29) is 17.2 Å². The molecule has 0 spiro atoms. The van der Waals surface area contributed by atoms with E-state index < -0.39 is 11.6 Å². The fraction of sp³-hybridized carbons (Fsp3) is 0.375. The van der Waals surface area contributed by atoms with E-state index in [1.54, 1.807) is 13.0 Å². The molecular formula is C16H19F2N3. The van der Waals surface area contributed by atoms with Gasteiger partial charge < -0.3 is 5.32 Å². The molecule has 0 aliphatic heterocycles. The van der Waals surface area contributed by atoms with Crippen molar-refractivity contribution in [2.75, 3.05) is 11.9 Å². The fourth-order valence-electron chi connectivity index (χ4n) is 2.02. The first kappa shape index (κ1) is 15.4. The molecule has 2 rings (SSSR count). The van der Waals surface area contributed by atoms with Gasteiger partial charge in [0.15, 0.2) is 0 Å². The predicted octanol–water partition coefficient (Wildman–Crippen LogP) is 4.29. The summed E-state index contributed by atoms with van der Waals surface area (Å²) in [6.45, 7) is 8.10. The van der Waals surface area contributed by atoms with Gasteiger partial charge in [0.2, 0.25) is 0 Å². The van der Waals surface area contributed by atoms with Crippen molar-refractivity contribution >= 4 is 5.82 Å². The first-order valence-electron chi connectivity index (χ1n) is 7.01. The second-order valence-electron chi connectivity index (χ2n) is 5.23. The van der Waals surface area contributed by atoms with Crippen LogP contribution in [0.1, 0.15) is 38.1 Å². The number of nitrogens with zero attached hydrogens (tertiary/aromatic N) is 2. The SMILES string of the molecule is CCNc1cc(-c2c(F)ccc(C)c2F)nc(C(C)C)n1. The summed E-state index contributed by atoms with van der Waals surface area (Å²) in [5, 5.41) is 3.07. The summed E-state index contributed by atoms with van der Waals surface area (Å²) in [5.74, 6) is 0.00774. The molecule has 0 saturated heterocycles. The Morgan fingerprint density at radius 2 is 1.90 bits per heavy atom. The monoisotopic (exact) mass is 291 g/mol. The second kappa shape index (κ2) is 6.16. The van der Waals surface area contributed by atoms with Gasteiger partial charge in [0.05, 0.1) is 11.3 Å². The second-order valence-corrected chi connectivity index (χ2v) is 5.23. The summed E-state index contributed by atoms with van der Waals surface area (Å²) in [4.78, 5) is 8.68. The minimum atomic E-state index is -0.617. The maximum absolute atomic E-state index is 14.3. The Bertz CT molecular complexity index is 654. The number of rotatable bonds is 4. The van der Waals surface area contributed by atoms with Gasteiger partial charge in [-0.15, -0.1) is 0 Å². The summed E-state index contributed by atoms with van der Waals surface area (Å²) in [5.41, 5.74) is 0.558. The largest absolute Gasteiger partial charge is 0.370 e. The topological polar surface area (TPSA) is 37.8 Å². The Hall–Kier alpha value is -2.04. The van der Waals surface area contributed by atoms with E-state index in [0.717, 1.165) is 0 Å². The number of nitrogens with one attached hydrogen (secondary N) is 1. The van der Waals surface area contributed by atoms with E-state index in [4.69, 9.17) is 0 Å². The Labute approximate surface area is 123 Å². The average molecular weight is 291 g/mol. The summed E-state index contributed by atoms with van der Waals surface area (Å²) in [6.07, 6.45) is 0. The van der Waals surface area contributed by atoms with Gasteiger partial charge in [0, 0.05) is 18.5 Å². The van der Waals surface area contributed by atoms with Crippen LogP contribution >= 0.6 is 0 Å². The van der Waals surface area contributed by atoms with Gasteiger partial charge in [-0.3, -0.25) is 0 Å². The van der Waals surface area contributed by atoms with E-state index >= 15 is 0 Å². The summed E-state index contributed by atoms with van der Waals surface area (Å²) < 4.78 is 28.3. The molecule has 0 aliphatic rings. The molecule has 2 aromatic rings. The molecule has 3 nitrogen and oxygen atoms in total. The van der Waals surface area contributed by atoms with Crippen LogP contribution in [0.2, 0.25) is 0 Å². The van der Waals surface area contributed by atoms with Gasteiger partial charge in [0.25, 0.3) is 0 Å². The Morgan fingerprint density at radius 1 is 1.19 bits per heavy atom. The van der Waals surface area contributed by atoms with Crippen LogP contribution in [0.3, 0.4) is 0 Å². The quantitative estimate of drug-likeness (QED) is 0.913. The molecule has 1 aromatic carbocycles. The van der Waals surface area contributed by atoms with E-state index in [1.807, 2.05) is 20.8 Å². The Morgan fingerprint density at radius 3 is 2.52 bits per heavy atom. The van der Waals surface area contributed by atoms with E-state index in [1.165, 1.54) is 12.1 Å². The third-order valence-electron chi connectivity index (χ3n) is 3.16. The van der Waals surface area contributed by atoms with Gasteiger partial charge in [0.1, 0.15) is 23.3 Å². The van der Waals surface area contributed by atoms with Gasteiger partial charge in [-0.2, -0.15) is 0 Å². The minimum absolute atomic E-state index is 0.0679. The summed E-state index contributed by atoms with van der Waals surface area (Å²) in [7, 11) is 0. The van der Waals surface area contributed by atoms with Crippen LogP contribution in [-0.2, 0) is 0 Å². The van der Waals surface area contributed by atoms with Crippen molar-refractivity contribution in [2.24, 2.45) is 0 Å². The normalized spacial score (nSPS) is 11.0. The number of hydrogen-bond donors (Lipinski definition) is 1. The summed E-state index contributed by atoms with van der Waals surface area (Å²) in [6, 6.07) is 4.26. The molecule has 0 unspecified atom stereocenters. The van der Waals surface area contributed by atoms with Crippen molar-refractivity contribution in [3.63, 3.8) is 0 Å². The molecule has 0 aliphatic carbocycles. The highest BCUT2D eigenvalue weighted by atomic mass is 19.1. The van der Waals surface area contributed by atoms with Crippen LogP contribution in [0.4, 0.5) is 14.6 Å². The molecule has 112 valence electrons. The molecule has 0 radical (unpaired) electrons. The van der Waals surface area contributed by atoms with E-state index in [0.29, 0.717) is 23.8 Å². The molecule has 1 N–H and O–H groups in total. The van der Waals surface area contributed by atoms with Crippen LogP contribution in [0, 0.1) is 18.6 Å². The lowest BCUT2D eigenvalue weighted by Gasteiger charge is -2.12. The van der Waals surface area contributed by atoms with Crippen LogP contribution in [0.25, 0.3) is 11.3 Å². The van der Waals surface area contributed by atoms with Crippen LogP contribution < -0.4 is 5.32 Å². The molecule has 0 bridgehead atoms. The van der Waals surface area contributed by atoms with Crippen LogP contribution in [-0.4, -0.2) is 16.5 Å². The van der Waals surface area contributed by atoms with Crippen molar-refractivity contribution in [1.29, 1.82) is 0 Å². The molecular weight excluding hydrogens is 272 g/mol. The van der Waals surface area contributed by atoms with Crippen LogP contribution in [0.15, 0.2) is 18.2 Å². The van der Waals surface area contributed by atoms with Crippen molar-refractivity contribution < 1.29 is 8.78 Å². The van der Waals surface area contributed by atoms with Gasteiger partial charge in [-0.1, -0.05) is 19.9 Å². The minimum Gasteiger partial charge on any atom is -0.370 e. The molecule has 5 heteroatoms. The third kappa shape index (κ3) is 3.17. The molecule has 21 heavy (non-hydrogen) atoms. The average Bonchev–Trinajstić information content (AvgIpc) is 2.43. The first-order valence-corrected chi connectivity index (χ1v) is 7.01. The maximum atomic E-state index is 14.3. The van der Waals surface area contributed by atoms with Crippen LogP contribution in [0.5, 0.6) is 0 Å². The van der Waals surface area contributed by atoms with Gasteiger partial charge >= 0.3 is 0 Å².